The Hall–Kier alpha value is 1.08. The average Bonchev–Trinajstić information content (AvgIpc) is 2.02. The van der Waals surface area contributed by atoms with E-state index in [4.69, 9.17) is 32.5 Å². The highest BCUT2D eigenvalue weighted by molar-refractivity contribution is 8.11. The lowest BCUT2D eigenvalue weighted by atomic mass is 10.9. The first kappa shape index (κ1) is 15.1. The van der Waals surface area contributed by atoms with Gasteiger partial charge in [0.1, 0.15) is 0 Å². The van der Waals surface area contributed by atoms with E-state index in [1.165, 1.54) is 0 Å². The maximum absolute atomic E-state index is 6.38. The third-order valence-electron chi connectivity index (χ3n) is 1.61. The van der Waals surface area contributed by atoms with Crippen LogP contribution in [0.15, 0.2) is 0 Å². The second kappa shape index (κ2) is 5.97. The highest BCUT2D eigenvalue weighted by Gasteiger charge is 2.39. The van der Waals surface area contributed by atoms with Gasteiger partial charge < -0.3 is 9.05 Å². The number of rotatable bonds is 6. The number of hydrogen-bond acceptors (Lipinski definition) is 3. The van der Waals surface area contributed by atoms with Crippen LogP contribution in [0.3, 0.4) is 0 Å². The Kier molecular flexibility index (Phi) is 6.43. The van der Waals surface area contributed by atoms with Crippen LogP contribution in [-0.2, 0) is 20.9 Å². The summed E-state index contributed by atoms with van der Waals surface area (Å²) in [6, 6.07) is 0. The lowest BCUT2D eigenvalue weighted by Gasteiger charge is -2.32. The Morgan fingerprint density at radius 2 is 1.57 bits per heavy atom. The van der Waals surface area contributed by atoms with Gasteiger partial charge in [0.05, 0.1) is 26.0 Å². The summed E-state index contributed by atoms with van der Waals surface area (Å²) in [7, 11) is -1.51. The average molecular weight is 275 g/mol. The molecular formula is C8H20ClO2PSSi. The smallest absolute Gasteiger partial charge is 0.203 e. The minimum Gasteiger partial charge on any atom is -0.329 e. The van der Waals surface area contributed by atoms with Crippen molar-refractivity contribution in [1.29, 1.82) is 0 Å². The normalized spacial score (nSPS) is 15.6. The fraction of sp³-hybridized carbons (Fsp3) is 1.00. The van der Waals surface area contributed by atoms with E-state index in [1.54, 1.807) is 0 Å². The van der Waals surface area contributed by atoms with Gasteiger partial charge in [0, 0.05) is 0 Å². The summed E-state index contributed by atoms with van der Waals surface area (Å²) in [6.07, 6.45) is 0. The van der Waals surface area contributed by atoms with Crippen molar-refractivity contribution < 1.29 is 9.05 Å². The van der Waals surface area contributed by atoms with E-state index in [2.05, 4.69) is 19.6 Å². The van der Waals surface area contributed by atoms with Gasteiger partial charge in [-0.05, 0) is 25.7 Å². The second-order valence-corrected chi connectivity index (χ2v) is 14.6. The van der Waals surface area contributed by atoms with E-state index in [0.29, 0.717) is 13.2 Å². The zero-order valence-corrected chi connectivity index (χ0v) is 13.0. The Morgan fingerprint density at radius 1 is 1.21 bits per heavy atom. The summed E-state index contributed by atoms with van der Waals surface area (Å²) in [5, 5.41) is 0. The molecule has 0 radical (unpaired) electrons. The summed E-state index contributed by atoms with van der Waals surface area (Å²) in [6.45, 7) is 9.28. The van der Waals surface area contributed by atoms with E-state index < -0.39 is 14.6 Å². The first-order valence-corrected chi connectivity index (χ1v) is 11.5. The molecule has 0 fully saturated rings. The molecule has 0 N–H and O–H groups in total. The summed E-state index contributed by atoms with van der Waals surface area (Å²) in [5.74, 6) is 0. The molecule has 0 saturated carbocycles. The Bertz CT molecular complexity index is 210. The molecule has 86 valence electrons. The van der Waals surface area contributed by atoms with E-state index in [1.807, 2.05) is 13.8 Å². The lowest BCUT2D eigenvalue weighted by Crippen LogP contribution is -2.34. The van der Waals surface area contributed by atoms with E-state index in [-0.39, 0.29) is 4.74 Å². The molecule has 0 aliphatic carbocycles. The fourth-order valence-electron chi connectivity index (χ4n) is 1.00. The molecule has 0 aromatic heterocycles. The number of alkyl halides is 1. The lowest BCUT2D eigenvalue weighted by molar-refractivity contribution is 0.268. The minimum absolute atomic E-state index is 0.107. The molecule has 0 bridgehead atoms. The van der Waals surface area contributed by atoms with Gasteiger partial charge in [-0.1, -0.05) is 19.6 Å². The fourth-order valence-corrected chi connectivity index (χ4v) is 10.1. The van der Waals surface area contributed by atoms with Gasteiger partial charge in [0.15, 0.2) is 0 Å². The summed E-state index contributed by atoms with van der Waals surface area (Å²) < 4.78 is 11.0. The van der Waals surface area contributed by atoms with Crippen molar-refractivity contribution in [2.75, 3.05) is 13.2 Å². The van der Waals surface area contributed by atoms with Crippen LogP contribution in [0.5, 0.6) is 0 Å². The van der Waals surface area contributed by atoms with Crippen molar-refractivity contribution in [1.82, 2.24) is 0 Å². The maximum atomic E-state index is 6.38. The molecule has 1 unspecified atom stereocenters. The molecule has 0 aliphatic rings. The first-order valence-electron chi connectivity index (χ1n) is 4.80. The van der Waals surface area contributed by atoms with Gasteiger partial charge in [-0.25, -0.2) is 0 Å². The van der Waals surface area contributed by atoms with Gasteiger partial charge >= 0.3 is 0 Å². The van der Waals surface area contributed by atoms with Crippen molar-refractivity contribution in [3.63, 3.8) is 0 Å². The van der Waals surface area contributed by atoms with Crippen molar-refractivity contribution in [2.45, 2.75) is 38.2 Å². The SMILES string of the molecule is CCOP(=S)(OCC)C(Cl)[Si](C)(C)C. The first-order chi connectivity index (χ1) is 6.28. The molecular weight excluding hydrogens is 255 g/mol. The van der Waals surface area contributed by atoms with Gasteiger partial charge in [-0.3, -0.25) is 0 Å². The molecule has 0 saturated heterocycles. The third kappa shape index (κ3) is 4.29. The molecule has 0 amide bonds. The third-order valence-corrected chi connectivity index (χ3v) is 13.1. The highest BCUT2D eigenvalue weighted by atomic mass is 35.5. The van der Waals surface area contributed by atoms with E-state index >= 15 is 0 Å². The molecule has 2 nitrogen and oxygen atoms in total. The molecule has 0 spiro atoms. The van der Waals surface area contributed by atoms with Crippen LogP contribution in [0.1, 0.15) is 13.8 Å². The van der Waals surface area contributed by atoms with E-state index in [0.717, 1.165) is 0 Å². The van der Waals surface area contributed by atoms with Gasteiger partial charge in [-0.15, -0.1) is 11.6 Å². The van der Waals surface area contributed by atoms with Crippen LogP contribution in [0, 0.1) is 0 Å². The van der Waals surface area contributed by atoms with Crippen molar-refractivity contribution in [3.05, 3.63) is 0 Å². The predicted molar refractivity (Wildman–Crippen MR) is 70.5 cm³/mol. The Morgan fingerprint density at radius 3 is 1.79 bits per heavy atom. The van der Waals surface area contributed by atoms with Crippen LogP contribution in [0.2, 0.25) is 19.6 Å². The molecule has 0 aliphatic heterocycles. The zero-order chi connectivity index (χ0) is 11.4. The van der Waals surface area contributed by atoms with Crippen LogP contribution in [-0.4, -0.2) is 26.0 Å². The number of hydrogen-bond donors (Lipinski definition) is 0. The van der Waals surface area contributed by atoms with Crippen molar-refractivity contribution >= 4 is 38.0 Å². The Balaban J connectivity index is 4.73. The molecule has 0 heterocycles. The van der Waals surface area contributed by atoms with Crippen LogP contribution in [0.25, 0.3) is 0 Å². The zero-order valence-electron chi connectivity index (χ0n) is 9.54. The summed E-state index contributed by atoms with van der Waals surface area (Å²) >= 11 is 11.8. The van der Waals surface area contributed by atoms with Crippen LogP contribution in [0.4, 0.5) is 0 Å². The molecule has 0 aromatic rings. The molecule has 6 heteroatoms. The van der Waals surface area contributed by atoms with Crippen LogP contribution < -0.4 is 0 Å². The van der Waals surface area contributed by atoms with Crippen molar-refractivity contribution in [3.8, 4) is 0 Å². The minimum atomic E-state index is -2.27. The van der Waals surface area contributed by atoms with Gasteiger partial charge in [-0.2, -0.15) is 0 Å². The summed E-state index contributed by atoms with van der Waals surface area (Å²) in [5.41, 5.74) is 0. The standard InChI is InChI=1S/C8H20ClO2PSSi/c1-6-10-12(13,11-7-2)8(9)14(3,4)5/h8H,6-7H2,1-5H3. The Labute approximate surface area is 98.5 Å². The molecule has 1 atom stereocenters. The van der Waals surface area contributed by atoms with Crippen LogP contribution >= 0.6 is 18.1 Å². The number of halogens is 1. The molecule has 14 heavy (non-hydrogen) atoms. The van der Waals surface area contributed by atoms with Crippen molar-refractivity contribution in [2.24, 2.45) is 0 Å². The van der Waals surface area contributed by atoms with Gasteiger partial charge in [0.25, 0.3) is 0 Å². The maximum Gasteiger partial charge on any atom is 0.203 e. The molecule has 0 aromatic carbocycles. The van der Waals surface area contributed by atoms with Gasteiger partial charge in [0.2, 0.25) is 6.49 Å². The highest BCUT2D eigenvalue weighted by Crippen LogP contribution is 2.57. The second-order valence-electron chi connectivity index (χ2n) is 4.08. The summed E-state index contributed by atoms with van der Waals surface area (Å²) in [4.78, 5) is 0. The monoisotopic (exact) mass is 274 g/mol. The topological polar surface area (TPSA) is 18.5 Å². The van der Waals surface area contributed by atoms with E-state index in [9.17, 15) is 0 Å². The largest absolute Gasteiger partial charge is 0.329 e. The predicted octanol–water partition coefficient (Wildman–Crippen LogP) is 3.81. The quantitative estimate of drug-likeness (QED) is 0.417. The molecule has 0 rings (SSSR count).